The molecular weight excluding hydrogens is 410 g/mol. The van der Waals surface area contributed by atoms with Crippen LogP contribution in [0.5, 0.6) is 5.75 Å². The first-order chi connectivity index (χ1) is 14.2. The van der Waals surface area contributed by atoms with Crippen LogP contribution in [-0.2, 0) is 0 Å². The maximum atomic E-state index is 13.4. The van der Waals surface area contributed by atoms with E-state index in [1.165, 1.54) is 35.1 Å². The van der Waals surface area contributed by atoms with Crippen LogP contribution in [0.3, 0.4) is 0 Å². The fraction of sp³-hybridized carbons (Fsp3) is 0.286. The zero-order valence-corrected chi connectivity index (χ0v) is 17.2. The van der Waals surface area contributed by atoms with E-state index in [4.69, 9.17) is 10.5 Å². The van der Waals surface area contributed by atoms with Crippen LogP contribution in [0.4, 0.5) is 19.6 Å². The molecule has 3 N–H and O–H groups in total. The standard InChI is InChI=1S/C21H20F2N4O2S/c1-3-11-9-25-10-14-13(11)5-7-17-18(14)27-20(30-17)26-15-8-12(19(24)28)4-6-16(15)29-21(2,22)23/h4-8,10-11H,3,9H2,1-2H3,(H2,24,28)(H,26,27). The first kappa shape index (κ1) is 20.2. The Morgan fingerprint density at radius 3 is 2.87 bits per heavy atom. The van der Waals surface area contributed by atoms with Crippen LogP contribution in [0, 0.1) is 0 Å². The number of rotatable bonds is 6. The number of fused-ring (bicyclic) bond motifs is 3. The number of carbonyl (C=O) groups excluding carboxylic acids is 1. The van der Waals surface area contributed by atoms with Crippen molar-refractivity contribution in [2.24, 2.45) is 10.7 Å². The van der Waals surface area contributed by atoms with E-state index >= 15 is 0 Å². The van der Waals surface area contributed by atoms with Gasteiger partial charge in [-0.05, 0) is 36.2 Å². The van der Waals surface area contributed by atoms with E-state index in [0.717, 1.165) is 28.7 Å². The number of thiazole rings is 1. The molecule has 1 atom stereocenters. The predicted octanol–water partition coefficient (Wildman–Crippen LogP) is 5.06. The van der Waals surface area contributed by atoms with Crippen molar-refractivity contribution >= 4 is 44.5 Å². The molecule has 0 aliphatic carbocycles. The largest absolute Gasteiger partial charge is 0.431 e. The summed E-state index contributed by atoms with van der Waals surface area (Å²) in [5, 5.41) is 3.49. The van der Waals surface area contributed by atoms with Crippen molar-refractivity contribution in [3.05, 3.63) is 47.0 Å². The Labute approximate surface area is 175 Å². The Hall–Kier alpha value is -3.07. The van der Waals surface area contributed by atoms with E-state index < -0.39 is 12.0 Å². The molecule has 156 valence electrons. The smallest absolute Gasteiger partial charge is 0.394 e. The van der Waals surface area contributed by atoms with E-state index in [0.29, 0.717) is 18.0 Å². The third-order valence-electron chi connectivity index (χ3n) is 4.91. The highest BCUT2D eigenvalue weighted by molar-refractivity contribution is 7.22. The second kappa shape index (κ2) is 7.64. The van der Waals surface area contributed by atoms with E-state index in [-0.39, 0.29) is 17.0 Å². The number of aliphatic imine (C=N–C) groups is 1. The number of aromatic nitrogens is 1. The molecule has 4 rings (SSSR count). The van der Waals surface area contributed by atoms with Gasteiger partial charge in [0.05, 0.1) is 15.9 Å². The number of alkyl halides is 2. The second-order valence-corrected chi connectivity index (χ2v) is 8.17. The summed E-state index contributed by atoms with van der Waals surface area (Å²) in [6.45, 7) is 3.53. The number of hydrogen-bond acceptors (Lipinski definition) is 6. The third kappa shape index (κ3) is 3.97. The molecule has 0 saturated heterocycles. The molecule has 6 nitrogen and oxygen atoms in total. The van der Waals surface area contributed by atoms with Gasteiger partial charge in [-0.25, -0.2) is 4.98 Å². The summed E-state index contributed by atoms with van der Waals surface area (Å²) in [6, 6.07) is 8.10. The molecule has 0 radical (unpaired) electrons. The quantitative estimate of drug-likeness (QED) is 0.572. The number of ether oxygens (including phenoxy) is 1. The lowest BCUT2D eigenvalue weighted by Gasteiger charge is -2.19. The number of hydrogen-bond donors (Lipinski definition) is 2. The fourth-order valence-electron chi connectivity index (χ4n) is 3.47. The first-order valence-electron chi connectivity index (χ1n) is 9.46. The average Bonchev–Trinajstić information content (AvgIpc) is 3.10. The van der Waals surface area contributed by atoms with E-state index in [9.17, 15) is 13.6 Å². The number of amides is 1. The van der Waals surface area contributed by atoms with Crippen LogP contribution >= 0.6 is 11.3 Å². The molecule has 2 aromatic carbocycles. The van der Waals surface area contributed by atoms with Gasteiger partial charge >= 0.3 is 6.11 Å². The molecule has 1 aliphatic heterocycles. The monoisotopic (exact) mass is 430 g/mol. The van der Waals surface area contributed by atoms with Crippen molar-refractivity contribution in [1.29, 1.82) is 0 Å². The van der Waals surface area contributed by atoms with Crippen molar-refractivity contribution in [3.8, 4) is 5.75 Å². The van der Waals surface area contributed by atoms with Crippen molar-refractivity contribution < 1.29 is 18.3 Å². The second-order valence-electron chi connectivity index (χ2n) is 7.14. The zero-order chi connectivity index (χ0) is 21.5. The number of primary amides is 1. The SMILES string of the molecule is CCC1CN=Cc2c1ccc1sc(Nc3cc(C(N)=O)ccc3OC(C)(F)F)nc21. The Bertz CT molecular complexity index is 1150. The first-order valence-corrected chi connectivity index (χ1v) is 10.3. The average molecular weight is 430 g/mol. The van der Waals surface area contributed by atoms with Crippen molar-refractivity contribution in [3.63, 3.8) is 0 Å². The molecular formula is C21H20F2N4O2S. The summed E-state index contributed by atoms with van der Waals surface area (Å²) >= 11 is 1.37. The summed E-state index contributed by atoms with van der Waals surface area (Å²) in [5.74, 6) is -0.430. The van der Waals surface area contributed by atoms with Crippen LogP contribution < -0.4 is 15.8 Å². The molecule has 0 saturated carbocycles. The van der Waals surface area contributed by atoms with Gasteiger partial charge in [-0.1, -0.05) is 24.3 Å². The summed E-state index contributed by atoms with van der Waals surface area (Å²) in [5.41, 5.74) is 8.68. The van der Waals surface area contributed by atoms with Crippen LogP contribution in [0.15, 0.2) is 35.3 Å². The predicted molar refractivity (Wildman–Crippen MR) is 115 cm³/mol. The lowest BCUT2D eigenvalue weighted by Crippen LogP contribution is -2.20. The maximum Gasteiger partial charge on any atom is 0.394 e. The highest BCUT2D eigenvalue weighted by atomic mass is 32.1. The number of anilines is 2. The van der Waals surface area contributed by atoms with Gasteiger partial charge in [0, 0.05) is 36.7 Å². The number of benzene rings is 2. The zero-order valence-electron chi connectivity index (χ0n) is 16.4. The topological polar surface area (TPSA) is 89.6 Å². The van der Waals surface area contributed by atoms with Crippen LogP contribution in [0.1, 0.15) is 47.7 Å². The minimum Gasteiger partial charge on any atom is -0.431 e. The van der Waals surface area contributed by atoms with Crippen molar-refractivity contribution in [2.75, 3.05) is 11.9 Å². The van der Waals surface area contributed by atoms with E-state index in [2.05, 4.69) is 28.3 Å². The van der Waals surface area contributed by atoms with Gasteiger partial charge in [-0.15, -0.1) is 0 Å². The van der Waals surface area contributed by atoms with Crippen molar-refractivity contribution in [2.45, 2.75) is 32.3 Å². The lowest BCUT2D eigenvalue weighted by molar-refractivity contribution is -0.158. The highest BCUT2D eigenvalue weighted by Crippen LogP contribution is 2.38. The minimum atomic E-state index is -3.39. The summed E-state index contributed by atoms with van der Waals surface area (Å²) in [4.78, 5) is 20.7. The normalized spacial score (nSPS) is 15.8. The van der Waals surface area contributed by atoms with E-state index in [1.807, 2.05) is 12.3 Å². The van der Waals surface area contributed by atoms with Gasteiger partial charge in [0.25, 0.3) is 0 Å². The third-order valence-corrected chi connectivity index (χ3v) is 5.84. The Balaban J connectivity index is 1.75. The Morgan fingerprint density at radius 1 is 1.37 bits per heavy atom. The van der Waals surface area contributed by atoms with Gasteiger partial charge in [0.2, 0.25) is 5.91 Å². The maximum absolute atomic E-state index is 13.4. The number of carbonyl (C=O) groups is 1. The molecule has 1 unspecified atom stereocenters. The highest BCUT2D eigenvalue weighted by Gasteiger charge is 2.26. The van der Waals surface area contributed by atoms with Gasteiger partial charge in [0.1, 0.15) is 5.75 Å². The molecule has 30 heavy (non-hydrogen) atoms. The molecule has 1 aliphatic rings. The molecule has 9 heteroatoms. The molecule has 1 aromatic heterocycles. The Morgan fingerprint density at radius 2 is 2.17 bits per heavy atom. The van der Waals surface area contributed by atoms with Crippen LogP contribution in [0.25, 0.3) is 10.2 Å². The number of nitrogens with zero attached hydrogens (tertiary/aromatic N) is 2. The number of nitrogens with two attached hydrogens (primary N) is 1. The van der Waals surface area contributed by atoms with Crippen molar-refractivity contribution in [1.82, 2.24) is 4.98 Å². The lowest BCUT2D eigenvalue weighted by atomic mass is 9.90. The Kier molecular flexibility index (Phi) is 5.15. The van der Waals surface area contributed by atoms with Gasteiger partial charge < -0.3 is 15.8 Å². The van der Waals surface area contributed by atoms with Gasteiger partial charge in [0.15, 0.2) is 5.13 Å². The summed E-state index contributed by atoms with van der Waals surface area (Å²) < 4.78 is 32.6. The summed E-state index contributed by atoms with van der Waals surface area (Å²) in [6.07, 6.45) is -0.562. The van der Waals surface area contributed by atoms with E-state index in [1.54, 1.807) is 0 Å². The minimum absolute atomic E-state index is 0.110. The van der Waals surface area contributed by atoms with Gasteiger partial charge in [-0.2, -0.15) is 8.78 Å². The molecule has 1 amide bonds. The molecule has 2 heterocycles. The number of halogens is 2. The van der Waals surface area contributed by atoms with Crippen LogP contribution in [0.2, 0.25) is 0 Å². The molecule has 0 fully saturated rings. The number of nitrogens with one attached hydrogen (secondary N) is 1. The molecule has 0 bridgehead atoms. The summed E-state index contributed by atoms with van der Waals surface area (Å²) in [7, 11) is 0. The van der Waals surface area contributed by atoms with Crippen LogP contribution in [-0.4, -0.2) is 29.8 Å². The van der Waals surface area contributed by atoms with Gasteiger partial charge in [-0.3, -0.25) is 9.79 Å². The molecule has 0 spiro atoms. The fourth-order valence-corrected chi connectivity index (χ4v) is 4.37. The molecule has 3 aromatic rings.